The smallest absolute Gasteiger partial charge is 0.126 e. The first kappa shape index (κ1) is 12.9. The van der Waals surface area contributed by atoms with Crippen LogP contribution in [0.15, 0.2) is 18.2 Å². The zero-order chi connectivity index (χ0) is 13.5. The Morgan fingerprint density at radius 2 is 2.11 bits per heavy atom. The highest BCUT2D eigenvalue weighted by atomic mass is 19.1. The van der Waals surface area contributed by atoms with Crippen molar-refractivity contribution in [1.29, 1.82) is 0 Å². The molecule has 0 N–H and O–H groups in total. The van der Waals surface area contributed by atoms with Gasteiger partial charge in [0, 0.05) is 0 Å². The van der Waals surface area contributed by atoms with Gasteiger partial charge in [0.15, 0.2) is 0 Å². The largest absolute Gasteiger partial charge is 0.491 e. The second-order valence-electron chi connectivity index (χ2n) is 6.13. The van der Waals surface area contributed by atoms with Gasteiger partial charge in [-0.3, -0.25) is 0 Å². The lowest BCUT2D eigenvalue weighted by Crippen LogP contribution is -2.32. The monoisotopic (exact) mass is 264 g/mol. The lowest BCUT2D eigenvalue weighted by Gasteiger charge is -2.24. The number of hydrogen-bond donors (Lipinski definition) is 0. The van der Waals surface area contributed by atoms with Crippen LogP contribution in [-0.2, 0) is 4.74 Å². The molecule has 104 valence electrons. The molecule has 2 nitrogen and oxygen atoms in total. The van der Waals surface area contributed by atoms with Crippen LogP contribution in [0, 0.1) is 5.82 Å². The van der Waals surface area contributed by atoms with Crippen molar-refractivity contribution in [3.8, 4) is 5.75 Å². The summed E-state index contributed by atoms with van der Waals surface area (Å²) < 4.78 is 25.5. The van der Waals surface area contributed by atoms with Crippen LogP contribution in [0.5, 0.6) is 5.75 Å². The maximum atomic E-state index is 13.6. The molecule has 2 fully saturated rings. The average molecular weight is 264 g/mol. The zero-order valence-corrected chi connectivity index (χ0v) is 11.6. The van der Waals surface area contributed by atoms with Crippen molar-refractivity contribution in [2.75, 3.05) is 6.61 Å². The first-order valence-electron chi connectivity index (χ1n) is 7.18. The van der Waals surface area contributed by atoms with E-state index in [-0.39, 0.29) is 17.3 Å². The normalized spacial score (nSPS) is 29.2. The molecule has 3 rings (SSSR count). The maximum absolute atomic E-state index is 13.6. The number of ether oxygens (including phenoxy) is 2. The van der Waals surface area contributed by atoms with Crippen molar-refractivity contribution in [3.05, 3.63) is 29.6 Å². The molecular weight excluding hydrogens is 243 g/mol. The van der Waals surface area contributed by atoms with Gasteiger partial charge in [-0.25, -0.2) is 4.39 Å². The summed E-state index contributed by atoms with van der Waals surface area (Å²) >= 11 is 0. The van der Waals surface area contributed by atoms with Crippen LogP contribution in [0.2, 0.25) is 0 Å². The first-order chi connectivity index (χ1) is 9.08. The summed E-state index contributed by atoms with van der Waals surface area (Å²) in [5.41, 5.74) is 0.642. The zero-order valence-electron chi connectivity index (χ0n) is 11.6. The Hall–Kier alpha value is -1.09. The van der Waals surface area contributed by atoms with Gasteiger partial charge in [-0.1, -0.05) is 13.8 Å². The van der Waals surface area contributed by atoms with Crippen LogP contribution in [0.4, 0.5) is 4.39 Å². The van der Waals surface area contributed by atoms with Crippen LogP contribution in [0.1, 0.15) is 51.0 Å². The second-order valence-corrected chi connectivity index (χ2v) is 6.13. The van der Waals surface area contributed by atoms with Gasteiger partial charge >= 0.3 is 0 Å². The van der Waals surface area contributed by atoms with Crippen LogP contribution in [0.25, 0.3) is 0 Å². The van der Waals surface area contributed by atoms with E-state index in [1.807, 2.05) is 19.9 Å². The van der Waals surface area contributed by atoms with E-state index in [2.05, 4.69) is 0 Å². The molecular formula is C16H21FO2. The SMILES string of the molecule is CC(C)c1cc(OCC23CCC(CC2)O3)ccc1F. The molecule has 0 radical (unpaired) electrons. The third kappa shape index (κ3) is 2.48. The van der Waals surface area contributed by atoms with Crippen molar-refractivity contribution >= 4 is 0 Å². The van der Waals surface area contributed by atoms with E-state index < -0.39 is 0 Å². The summed E-state index contributed by atoms with van der Waals surface area (Å²) in [6, 6.07) is 5.02. The fourth-order valence-electron chi connectivity index (χ4n) is 3.15. The van der Waals surface area contributed by atoms with Crippen LogP contribution >= 0.6 is 0 Å². The molecule has 1 aromatic carbocycles. The predicted octanol–water partition coefficient (Wildman–Crippen LogP) is 4.04. The molecule has 2 aliphatic rings. The standard InChI is InChI=1S/C16H21FO2/c1-11(2)14-9-13(3-4-15(14)17)18-10-16-7-5-12(19-16)6-8-16/h3-4,9,11-12H,5-8,10H2,1-2H3. The molecule has 1 aromatic rings. The maximum Gasteiger partial charge on any atom is 0.126 e. The van der Waals surface area contributed by atoms with Crippen LogP contribution in [0.3, 0.4) is 0 Å². The Kier molecular flexibility index (Phi) is 3.25. The lowest BCUT2D eigenvalue weighted by atomic mass is 9.89. The molecule has 0 amide bonds. The summed E-state index contributed by atoms with van der Waals surface area (Å²) in [5, 5.41) is 0. The fourth-order valence-corrected chi connectivity index (χ4v) is 3.15. The van der Waals surface area contributed by atoms with E-state index in [9.17, 15) is 4.39 Å². The van der Waals surface area contributed by atoms with Gasteiger partial charge in [0.05, 0.1) is 6.10 Å². The highest BCUT2D eigenvalue weighted by Crippen LogP contribution is 2.43. The highest BCUT2D eigenvalue weighted by molar-refractivity contribution is 5.31. The number of rotatable bonds is 4. The van der Waals surface area contributed by atoms with E-state index >= 15 is 0 Å². The predicted molar refractivity (Wildman–Crippen MR) is 72.1 cm³/mol. The molecule has 2 aliphatic heterocycles. The minimum atomic E-state index is -0.154. The Balaban J connectivity index is 1.68. The van der Waals surface area contributed by atoms with Gasteiger partial charge in [-0.15, -0.1) is 0 Å². The number of benzene rings is 1. The Morgan fingerprint density at radius 3 is 2.68 bits per heavy atom. The van der Waals surface area contributed by atoms with E-state index in [0.29, 0.717) is 18.3 Å². The van der Waals surface area contributed by atoms with Gasteiger partial charge in [0.25, 0.3) is 0 Å². The molecule has 0 unspecified atom stereocenters. The molecule has 2 heterocycles. The van der Waals surface area contributed by atoms with Crippen molar-refractivity contribution in [1.82, 2.24) is 0 Å². The average Bonchev–Trinajstić information content (AvgIpc) is 2.98. The molecule has 0 atom stereocenters. The van der Waals surface area contributed by atoms with Crippen molar-refractivity contribution in [3.63, 3.8) is 0 Å². The van der Waals surface area contributed by atoms with E-state index in [0.717, 1.165) is 31.4 Å². The van der Waals surface area contributed by atoms with Crippen molar-refractivity contribution < 1.29 is 13.9 Å². The number of hydrogen-bond acceptors (Lipinski definition) is 2. The molecule has 19 heavy (non-hydrogen) atoms. The molecule has 2 bridgehead atoms. The van der Waals surface area contributed by atoms with E-state index in [4.69, 9.17) is 9.47 Å². The third-order valence-corrected chi connectivity index (χ3v) is 4.35. The summed E-state index contributed by atoms with van der Waals surface area (Å²) in [5.74, 6) is 0.761. The lowest BCUT2D eigenvalue weighted by molar-refractivity contribution is -0.0199. The highest BCUT2D eigenvalue weighted by Gasteiger charge is 2.46. The van der Waals surface area contributed by atoms with Gasteiger partial charge in [0.2, 0.25) is 0 Å². The molecule has 0 aliphatic carbocycles. The molecule has 0 saturated carbocycles. The third-order valence-electron chi connectivity index (χ3n) is 4.35. The van der Waals surface area contributed by atoms with Crippen molar-refractivity contribution in [2.45, 2.75) is 57.2 Å². The van der Waals surface area contributed by atoms with Gasteiger partial charge in [0.1, 0.15) is 23.8 Å². The minimum Gasteiger partial charge on any atom is -0.491 e. The summed E-state index contributed by atoms with van der Waals surface area (Å²) in [6.07, 6.45) is 4.95. The van der Waals surface area contributed by atoms with E-state index in [1.54, 1.807) is 6.07 Å². The number of fused-ring (bicyclic) bond motifs is 2. The quantitative estimate of drug-likeness (QED) is 0.817. The second kappa shape index (κ2) is 4.78. The molecule has 0 aromatic heterocycles. The fraction of sp³-hybridized carbons (Fsp3) is 0.625. The first-order valence-corrected chi connectivity index (χ1v) is 7.18. The van der Waals surface area contributed by atoms with Crippen molar-refractivity contribution in [2.24, 2.45) is 0 Å². The van der Waals surface area contributed by atoms with Gasteiger partial charge in [-0.2, -0.15) is 0 Å². The molecule has 0 spiro atoms. The Morgan fingerprint density at radius 1 is 1.37 bits per heavy atom. The van der Waals surface area contributed by atoms with E-state index in [1.165, 1.54) is 6.07 Å². The summed E-state index contributed by atoms with van der Waals surface area (Å²) in [4.78, 5) is 0. The minimum absolute atomic E-state index is 0.0724. The Labute approximate surface area is 113 Å². The van der Waals surface area contributed by atoms with Gasteiger partial charge < -0.3 is 9.47 Å². The Bertz CT molecular complexity index is 462. The summed E-state index contributed by atoms with van der Waals surface area (Å²) in [6.45, 7) is 4.57. The van der Waals surface area contributed by atoms with Crippen LogP contribution < -0.4 is 4.74 Å². The molecule has 2 saturated heterocycles. The topological polar surface area (TPSA) is 18.5 Å². The van der Waals surface area contributed by atoms with Crippen LogP contribution in [-0.4, -0.2) is 18.3 Å². The molecule has 3 heteroatoms. The number of halogens is 1. The van der Waals surface area contributed by atoms with Gasteiger partial charge in [-0.05, 0) is 55.4 Å². The summed E-state index contributed by atoms with van der Waals surface area (Å²) in [7, 11) is 0.